The molecule has 0 aliphatic carbocycles. The van der Waals surface area contributed by atoms with Crippen molar-refractivity contribution in [2.45, 2.75) is 52.5 Å². The third kappa shape index (κ3) is 5.74. The highest BCUT2D eigenvalue weighted by Gasteiger charge is 2.13. The molecule has 0 amide bonds. The van der Waals surface area contributed by atoms with Crippen LogP contribution in [0.2, 0.25) is 0 Å². The van der Waals surface area contributed by atoms with Crippen LogP contribution in [0.1, 0.15) is 55.3 Å². The number of hydrogen-bond donors (Lipinski definition) is 3. The fourth-order valence-electron chi connectivity index (χ4n) is 3.67. The van der Waals surface area contributed by atoms with Gasteiger partial charge in [0.25, 0.3) is 0 Å². The van der Waals surface area contributed by atoms with Crippen LogP contribution in [-0.4, -0.2) is 29.7 Å². The van der Waals surface area contributed by atoms with E-state index < -0.39 is 0 Å². The van der Waals surface area contributed by atoms with E-state index in [1.165, 1.54) is 22.2 Å². The minimum Gasteiger partial charge on any atom is -0.359 e. The molecule has 7 heteroatoms. The Balaban J connectivity index is 0.00000300. The summed E-state index contributed by atoms with van der Waals surface area (Å²) in [5.74, 6) is 2.06. The van der Waals surface area contributed by atoms with Crippen LogP contribution in [0.15, 0.2) is 39.8 Å². The number of rotatable bonds is 8. The molecule has 6 nitrogen and oxygen atoms in total. The van der Waals surface area contributed by atoms with E-state index in [0.717, 1.165) is 43.2 Å². The van der Waals surface area contributed by atoms with Crippen molar-refractivity contribution in [1.29, 1.82) is 0 Å². The molecule has 3 aromatic rings. The Labute approximate surface area is 189 Å². The molecular formula is C22H32IN5O. The maximum absolute atomic E-state index is 5.47. The second-order valence-corrected chi connectivity index (χ2v) is 7.11. The zero-order valence-electron chi connectivity index (χ0n) is 17.7. The summed E-state index contributed by atoms with van der Waals surface area (Å²) in [6.45, 7) is 7.87. The van der Waals surface area contributed by atoms with E-state index in [9.17, 15) is 0 Å². The first-order chi connectivity index (χ1) is 13.7. The Morgan fingerprint density at radius 1 is 1.21 bits per heavy atom. The number of aliphatic imine (C=N–C) groups is 1. The molecule has 2 aromatic heterocycles. The van der Waals surface area contributed by atoms with Crippen molar-refractivity contribution in [2.75, 3.05) is 13.6 Å². The molecule has 0 aliphatic heterocycles. The highest BCUT2D eigenvalue weighted by molar-refractivity contribution is 14.0. The first kappa shape index (κ1) is 23.3. The van der Waals surface area contributed by atoms with E-state index >= 15 is 0 Å². The van der Waals surface area contributed by atoms with Crippen molar-refractivity contribution >= 4 is 40.8 Å². The first-order valence-electron chi connectivity index (χ1n) is 10.1. The molecule has 158 valence electrons. The Kier molecular flexibility index (Phi) is 9.00. The summed E-state index contributed by atoms with van der Waals surface area (Å²) >= 11 is 0. The topological polar surface area (TPSA) is 78.2 Å². The SMILES string of the molecule is CCC(CC)c1cc(CNC(=NC)NCCc2c(C)[nH]c3ccccc23)on1.I. The van der Waals surface area contributed by atoms with Crippen LogP contribution >= 0.6 is 24.0 Å². The smallest absolute Gasteiger partial charge is 0.191 e. The highest BCUT2D eigenvalue weighted by atomic mass is 127. The van der Waals surface area contributed by atoms with Crippen molar-refractivity contribution in [2.24, 2.45) is 4.99 Å². The van der Waals surface area contributed by atoms with E-state index in [1.54, 1.807) is 7.05 Å². The minimum absolute atomic E-state index is 0. The van der Waals surface area contributed by atoms with E-state index in [2.05, 4.69) is 70.8 Å². The Morgan fingerprint density at radius 2 is 1.97 bits per heavy atom. The molecule has 0 spiro atoms. The van der Waals surface area contributed by atoms with Gasteiger partial charge in [0.1, 0.15) is 0 Å². The average molecular weight is 509 g/mol. The third-order valence-electron chi connectivity index (χ3n) is 5.33. The second kappa shape index (κ2) is 11.2. The van der Waals surface area contributed by atoms with Crippen LogP contribution in [0, 0.1) is 6.92 Å². The standard InChI is InChI=1S/C22H31N5O.HI/c1-5-16(6-2)21-13-17(28-27-21)14-25-22(23-4)24-12-11-18-15(3)26-20-10-8-7-9-19(18)20;/h7-10,13,16,26H,5-6,11-12,14H2,1-4H3,(H2,23,24,25);1H. The fraction of sp³-hybridized carbons (Fsp3) is 0.455. The summed E-state index contributed by atoms with van der Waals surface area (Å²) in [5, 5.41) is 12.2. The lowest BCUT2D eigenvalue weighted by molar-refractivity contribution is 0.368. The fourth-order valence-corrected chi connectivity index (χ4v) is 3.67. The van der Waals surface area contributed by atoms with Crippen molar-refractivity contribution in [3.8, 4) is 0 Å². The van der Waals surface area contributed by atoms with Gasteiger partial charge < -0.3 is 20.1 Å². The lowest BCUT2D eigenvalue weighted by Gasteiger charge is -2.11. The second-order valence-electron chi connectivity index (χ2n) is 7.11. The molecule has 0 radical (unpaired) electrons. The lowest BCUT2D eigenvalue weighted by Crippen LogP contribution is -2.37. The molecule has 1 aromatic carbocycles. The van der Waals surface area contributed by atoms with Crippen LogP contribution in [0.25, 0.3) is 10.9 Å². The number of halogens is 1. The monoisotopic (exact) mass is 509 g/mol. The van der Waals surface area contributed by atoms with Crippen LogP contribution in [-0.2, 0) is 13.0 Å². The largest absolute Gasteiger partial charge is 0.359 e. The normalized spacial score (nSPS) is 11.7. The van der Waals surface area contributed by atoms with Crippen LogP contribution < -0.4 is 10.6 Å². The van der Waals surface area contributed by atoms with Crippen molar-refractivity contribution in [3.05, 3.63) is 53.0 Å². The molecule has 0 saturated carbocycles. The number of aromatic nitrogens is 2. The van der Waals surface area contributed by atoms with Gasteiger partial charge in [0, 0.05) is 42.2 Å². The summed E-state index contributed by atoms with van der Waals surface area (Å²) < 4.78 is 5.47. The first-order valence-corrected chi connectivity index (χ1v) is 10.1. The van der Waals surface area contributed by atoms with Crippen LogP contribution in [0.5, 0.6) is 0 Å². The highest BCUT2D eigenvalue weighted by Crippen LogP contribution is 2.23. The number of hydrogen-bond acceptors (Lipinski definition) is 3. The predicted molar refractivity (Wildman–Crippen MR) is 130 cm³/mol. The van der Waals surface area contributed by atoms with E-state index in [1.807, 2.05) is 6.07 Å². The lowest BCUT2D eigenvalue weighted by atomic mass is 9.99. The van der Waals surface area contributed by atoms with Gasteiger partial charge in [0.05, 0.1) is 12.2 Å². The molecule has 3 rings (SSSR count). The van der Waals surface area contributed by atoms with Gasteiger partial charge in [-0.3, -0.25) is 4.99 Å². The third-order valence-corrected chi connectivity index (χ3v) is 5.33. The molecule has 2 heterocycles. The molecule has 0 aliphatic rings. The quantitative estimate of drug-likeness (QED) is 0.230. The van der Waals surface area contributed by atoms with Gasteiger partial charge in [-0.1, -0.05) is 37.2 Å². The van der Waals surface area contributed by atoms with Crippen molar-refractivity contribution < 1.29 is 4.52 Å². The van der Waals surface area contributed by atoms with Gasteiger partial charge in [-0.15, -0.1) is 24.0 Å². The zero-order valence-corrected chi connectivity index (χ0v) is 20.0. The number of aromatic amines is 1. The Hall–Kier alpha value is -2.03. The van der Waals surface area contributed by atoms with Crippen molar-refractivity contribution in [3.63, 3.8) is 0 Å². The maximum atomic E-state index is 5.47. The number of nitrogens with zero attached hydrogens (tertiary/aromatic N) is 2. The number of fused-ring (bicyclic) bond motifs is 1. The van der Waals surface area contributed by atoms with E-state index in [4.69, 9.17) is 4.52 Å². The minimum atomic E-state index is 0. The summed E-state index contributed by atoms with van der Waals surface area (Å²) in [7, 11) is 1.78. The van der Waals surface area contributed by atoms with E-state index in [0.29, 0.717) is 12.5 Å². The van der Waals surface area contributed by atoms with Gasteiger partial charge in [-0.2, -0.15) is 0 Å². The van der Waals surface area contributed by atoms with Gasteiger partial charge in [0.2, 0.25) is 0 Å². The molecule has 29 heavy (non-hydrogen) atoms. The summed E-state index contributed by atoms with van der Waals surface area (Å²) in [5.41, 5.74) is 4.81. The summed E-state index contributed by atoms with van der Waals surface area (Å²) in [6.07, 6.45) is 3.08. The summed E-state index contributed by atoms with van der Waals surface area (Å²) in [6, 6.07) is 10.5. The zero-order chi connectivity index (χ0) is 19.9. The predicted octanol–water partition coefficient (Wildman–Crippen LogP) is 4.89. The van der Waals surface area contributed by atoms with Gasteiger partial charge in [-0.05, 0) is 37.8 Å². The Morgan fingerprint density at radius 3 is 2.69 bits per heavy atom. The molecule has 0 fully saturated rings. The van der Waals surface area contributed by atoms with Gasteiger partial charge in [-0.25, -0.2) is 0 Å². The molecule has 0 unspecified atom stereocenters. The maximum Gasteiger partial charge on any atom is 0.191 e. The number of aryl methyl sites for hydroxylation is 1. The average Bonchev–Trinajstić information content (AvgIpc) is 3.30. The number of H-pyrrole nitrogens is 1. The number of nitrogens with one attached hydrogen (secondary N) is 3. The Bertz CT molecular complexity index is 926. The molecule has 0 saturated heterocycles. The van der Waals surface area contributed by atoms with E-state index in [-0.39, 0.29) is 24.0 Å². The number of guanidine groups is 1. The molecule has 3 N–H and O–H groups in total. The van der Waals surface area contributed by atoms with Crippen molar-refractivity contribution in [1.82, 2.24) is 20.8 Å². The molecular weight excluding hydrogens is 477 g/mol. The number of para-hydroxylation sites is 1. The summed E-state index contributed by atoms with van der Waals surface area (Å²) in [4.78, 5) is 7.76. The molecule has 0 bridgehead atoms. The van der Waals surface area contributed by atoms with Crippen LogP contribution in [0.4, 0.5) is 0 Å². The molecule has 0 atom stereocenters. The number of benzene rings is 1. The van der Waals surface area contributed by atoms with Gasteiger partial charge in [0.15, 0.2) is 11.7 Å². The van der Waals surface area contributed by atoms with Crippen LogP contribution in [0.3, 0.4) is 0 Å². The van der Waals surface area contributed by atoms with Gasteiger partial charge >= 0.3 is 0 Å².